The molecule has 0 fully saturated rings. The standard InChI is InChI=1S/C19H16N4OS2/c1-13-10-17(21-18(24)11-15-8-5-9-25-15)23(22-13)19-20-16(12-26-19)14-6-3-2-4-7-14/h2-10,12H,11H2,1H3,(H,21,24). The number of nitrogens with zero attached hydrogens (tertiary/aromatic N) is 3. The Hall–Kier alpha value is -2.77. The van der Waals surface area contributed by atoms with E-state index >= 15 is 0 Å². The molecule has 7 heteroatoms. The van der Waals surface area contributed by atoms with E-state index in [1.54, 1.807) is 16.0 Å². The summed E-state index contributed by atoms with van der Waals surface area (Å²) in [7, 11) is 0. The van der Waals surface area contributed by atoms with Crippen LogP contribution < -0.4 is 5.32 Å². The summed E-state index contributed by atoms with van der Waals surface area (Å²) in [6, 6.07) is 15.8. The Morgan fingerprint density at radius 2 is 2.00 bits per heavy atom. The molecule has 4 aromatic rings. The van der Waals surface area contributed by atoms with E-state index in [0.29, 0.717) is 12.2 Å². The van der Waals surface area contributed by atoms with E-state index in [9.17, 15) is 4.79 Å². The second-order valence-corrected chi connectivity index (χ2v) is 7.64. The molecule has 1 amide bonds. The lowest BCUT2D eigenvalue weighted by Crippen LogP contribution is -2.16. The molecule has 1 aromatic carbocycles. The summed E-state index contributed by atoms with van der Waals surface area (Å²) >= 11 is 3.07. The summed E-state index contributed by atoms with van der Waals surface area (Å²) in [6.07, 6.45) is 0.356. The quantitative estimate of drug-likeness (QED) is 0.553. The second-order valence-electron chi connectivity index (χ2n) is 5.77. The molecule has 0 radical (unpaired) electrons. The Labute approximate surface area is 159 Å². The van der Waals surface area contributed by atoms with E-state index < -0.39 is 0 Å². The zero-order valence-corrected chi connectivity index (χ0v) is 15.7. The number of hydrogen-bond acceptors (Lipinski definition) is 5. The van der Waals surface area contributed by atoms with Crippen LogP contribution >= 0.6 is 22.7 Å². The molecule has 0 saturated heterocycles. The van der Waals surface area contributed by atoms with E-state index in [1.807, 2.05) is 66.2 Å². The highest BCUT2D eigenvalue weighted by molar-refractivity contribution is 7.12. The van der Waals surface area contributed by atoms with Gasteiger partial charge in [-0.1, -0.05) is 36.4 Å². The van der Waals surface area contributed by atoms with E-state index in [0.717, 1.165) is 27.0 Å². The van der Waals surface area contributed by atoms with Gasteiger partial charge in [0.1, 0.15) is 5.82 Å². The second kappa shape index (κ2) is 7.23. The maximum absolute atomic E-state index is 12.3. The molecule has 4 rings (SSSR count). The van der Waals surface area contributed by atoms with Crippen LogP contribution in [0.1, 0.15) is 10.6 Å². The van der Waals surface area contributed by atoms with Gasteiger partial charge in [0.2, 0.25) is 11.0 Å². The zero-order chi connectivity index (χ0) is 17.9. The van der Waals surface area contributed by atoms with E-state index in [-0.39, 0.29) is 5.91 Å². The van der Waals surface area contributed by atoms with Crippen molar-refractivity contribution in [1.82, 2.24) is 14.8 Å². The van der Waals surface area contributed by atoms with Gasteiger partial charge in [0, 0.05) is 21.9 Å². The fourth-order valence-electron chi connectivity index (χ4n) is 2.60. The molecule has 3 heterocycles. The number of thiophene rings is 1. The summed E-state index contributed by atoms with van der Waals surface area (Å²) in [5, 5.41) is 12.1. The number of carbonyl (C=O) groups is 1. The van der Waals surface area contributed by atoms with Crippen molar-refractivity contribution in [1.29, 1.82) is 0 Å². The van der Waals surface area contributed by atoms with Crippen molar-refractivity contribution in [2.24, 2.45) is 0 Å². The van der Waals surface area contributed by atoms with Crippen LogP contribution in [0, 0.1) is 6.92 Å². The third-order valence-electron chi connectivity index (χ3n) is 3.76. The highest BCUT2D eigenvalue weighted by atomic mass is 32.1. The maximum Gasteiger partial charge on any atom is 0.230 e. The van der Waals surface area contributed by atoms with E-state index in [4.69, 9.17) is 0 Å². The van der Waals surface area contributed by atoms with Crippen LogP contribution in [-0.4, -0.2) is 20.7 Å². The number of hydrogen-bond donors (Lipinski definition) is 1. The van der Waals surface area contributed by atoms with Crippen LogP contribution in [0.2, 0.25) is 0 Å². The SMILES string of the molecule is Cc1cc(NC(=O)Cc2cccs2)n(-c2nc(-c3ccccc3)cs2)n1. The minimum absolute atomic E-state index is 0.0616. The van der Waals surface area contributed by atoms with Crippen molar-refractivity contribution >= 4 is 34.4 Å². The van der Waals surface area contributed by atoms with Gasteiger partial charge >= 0.3 is 0 Å². The predicted octanol–water partition coefficient (Wildman–Crippen LogP) is 4.55. The normalized spacial score (nSPS) is 10.8. The Morgan fingerprint density at radius 1 is 1.15 bits per heavy atom. The molecule has 0 aliphatic carbocycles. The molecule has 1 N–H and O–H groups in total. The summed E-state index contributed by atoms with van der Waals surface area (Å²) < 4.78 is 1.69. The Balaban J connectivity index is 1.58. The molecule has 0 aliphatic rings. The molecule has 26 heavy (non-hydrogen) atoms. The fourth-order valence-corrected chi connectivity index (χ4v) is 4.10. The van der Waals surface area contributed by atoms with Crippen LogP contribution in [-0.2, 0) is 11.2 Å². The lowest BCUT2D eigenvalue weighted by Gasteiger charge is -2.06. The average Bonchev–Trinajstić information content (AvgIpc) is 3.37. The third kappa shape index (κ3) is 3.58. The topological polar surface area (TPSA) is 59.8 Å². The monoisotopic (exact) mass is 380 g/mol. The molecule has 130 valence electrons. The van der Waals surface area contributed by atoms with Crippen molar-refractivity contribution in [3.8, 4) is 16.4 Å². The molecular formula is C19H16N4OS2. The van der Waals surface area contributed by atoms with Crippen molar-refractivity contribution in [3.63, 3.8) is 0 Å². The first kappa shape index (κ1) is 16.7. The molecule has 0 atom stereocenters. The number of aromatic nitrogens is 3. The Kier molecular flexibility index (Phi) is 4.64. The molecule has 0 aliphatic heterocycles. The first-order valence-corrected chi connectivity index (χ1v) is 9.85. The zero-order valence-electron chi connectivity index (χ0n) is 14.0. The van der Waals surface area contributed by atoms with Crippen LogP contribution in [0.4, 0.5) is 5.82 Å². The van der Waals surface area contributed by atoms with Crippen molar-refractivity contribution in [3.05, 3.63) is 69.9 Å². The molecule has 5 nitrogen and oxygen atoms in total. The Bertz CT molecular complexity index is 1020. The van der Waals surface area contributed by atoms with Crippen LogP contribution in [0.3, 0.4) is 0 Å². The van der Waals surface area contributed by atoms with Gasteiger partial charge in [0.25, 0.3) is 0 Å². The molecule has 3 aromatic heterocycles. The fraction of sp³-hybridized carbons (Fsp3) is 0.105. The van der Waals surface area contributed by atoms with Crippen LogP contribution in [0.5, 0.6) is 0 Å². The number of nitrogens with one attached hydrogen (secondary N) is 1. The lowest BCUT2D eigenvalue weighted by atomic mass is 10.2. The number of amides is 1. The molecular weight excluding hydrogens is 364 g/mol. The number of benzene rings is 1. The van der Waals surface area contributed by atoms with Crippen molar-refractivity contribution in [2.75, 3.05) is 5.32 Å². The average molecular weight is 380 g/mol. The van der Waals surface area contributed by atoms with Gasteiger partial charge in [-0.3, -0.25) is 4.79 Å². The van der Waals surface area contributed by atoms with Gasteiger partial charge in [-0.15, -0.1) is 22.7 Å². The van der Waals surface area contributed by atoms with E-state index in [2.05, 4.69) is 15.4 Å². The van der Waals surface area contributed by atoms with Crippen LogP contribution in [0.15, 0.2) is 59.3 Å². The van der Waals surface area contributed by atoms with Crippen molar-refractivity contribution < 1.29 is 4.79 Å². The first-order chi connectivity index (χ1) is 12.7. The number of rotatable bonds is 5. The minimum Gasteiger partial charge on any atom is -0.310 e. The lowest BCUT2D eigenvalue weighted by molar-refractivity contribution is -0.115. The highest BCUT2D eigenvalue weighted by Gasteiger charge is 2.15. The predicted molar refractivity (Wildman–Crippen MR) is 106 cm³/mol. The summed E-state index contributed by atoms with van der Waals surface area (Å²) in [6.45, 7) is 1.90. The summed E-state index contributed by atoms with van der Waals surface area (Å²) in [4.78, 5) is 18.0. The first-order valence-electron chi connectivity index (χ1n) is 8.09. The number of thiazole rings is 1. The van der Waals surface area contributed by atoms with Crippen molar-refractivity contribution in [2.45, 2.75) is 13.3 Å². The highest BCUT2D eigenvalue weighted by Crippen LogP contribution is 2.26. The molecule has 0 bridgehead atoms. The van der Waals surface area contributed by atoms with Gasteiger partial charge < -0.3 is 5.32 Å². The Morgan fingerprint density at radius 3 is 2.77 bits per heavy atom. The van der Waals surface area contributed by atoms with Gasteiger partial charge in [0.05, 0.1) is 17.8 Å². The van der Waals surface area contributed by atoms with Gasteiger partial charge in [-0.25, -0.2) is 4.98 Å². The summed E-state index contributed by atoms with van der Waals surface area (Å²) in [5.74, 6) is 0.575. The maximum atomic E-state index is 12.3. The minimum atomic E-state index is -0.0616. The van der Waals surface area contributed by atoms with Crippen LogP contribution in [0.25, 0.3) is 16.4 Å². The molecule has 0 unspecified atom stereocenters. The number of aryl methyl sites for hydroxylation is 1. The largest absolute Gasteiger partial charge is 0.310 e. The van der Waals surface area contributed by atoms with Gasteiger partial charge in [-0.05, 0) is 18.4 Å². The third-order valence-corrected chi connectivity index (χ3v) is 5.45. The molecule has 0 spiro atoms. The number of anilines is 1. The number of carbonyl (C=O) groups excluding carboxylic acids is 1. The summed E-state index contributed by atoms with van der Waals surface area (Å²) in [5.41, 5.74) is 2.78. The van der Waals surface area contributed by atoms with Gasteiger partial charge in [0.15, 0.2) is 0 Å². The van der Waals surface area contributed by atoms with Gasteiger partial charge in [-0.2, -0.15) is 9.78 Å². The smallest absolute Gasteiger partial charge is 0.230 e. The van der Waals surface area contributed by atoms with E-state index in [1.165, 1.54) is 11.3 Å². The molecule has 0 saturated carbocycles.